The number of carboxylic acids is 1. The average molecular weight is 418 g/mol. The SMILES string of the molecule is O=C(O)C(Cc1ccc(O)cc1)NC(=O)C1CCCN1S(=O)(=O)c1ccccc1. The Kier molecular flexibility index (Phi) is 6.19. The fourth-order valence-electron chi connectivity index (χ4n) is 3.35. The lowest BCUT2D eigenvalue weighted by Crippen LogP contribution is -2.51. The van der Waals surface area contributed by atoms with Crippen molar-refractivity contribution in [2.24, 2.45) is 0 Å². The number of carbonyl (C=O) groups is 2. The fourth-order valence-corrected chi connectivity index (χ4v) is 5.03. The van der Waals surface area contributed by atoms with Gasteiger partial charge in [0.05, 0.1) is 4.90 Å². The van der Waals surface area contributed by atoms with E-state index in [-0.39, 0.29) is 23.6 Å². The van der Waals surface area contributed by atoms with Crippen LogP contribution < -0.4 is 5.32 Å². The molecular formula is C20H22N2O6S. The van der Waals surface area contributed by atoms with Gasteiger partial charge in [-0.25, -0.2) is 13.2 Å². The maximum atomic E-state index is 12.9. The van der Waals surface area contributed by atoms with Gasteiger partial charge in [-0.1, -0.05) is 30.3 Å². The molecule has 1 heterocycles. The molecule has 2 atom stereocenters. The quantitative estimate of drug-likeness (QED) is 0.624. The minimum atomic E-state index is -3.86. The van der Waals surface area contributed by atoms with Crippen LogP contribution in [0.5, 0.6) is 5.75 Å². The highest BCUT2D eigenvalue weighted by Gasteiger charge is 2.40. The first-order valence-corrected chi connectivity index (χ1v) is 10.6. The summed E-state index contributed by atoms with van der Waals surface area (Å²) in [5.41, 5.74) is 0.621. The van der Waals surface area contributed by atoms with Crippen LogP contribution in [-0.2, 0) is 26.0 Å². The Morgan fingerprint density at radius 3 is 2.38 bits per heavy atom. The van der Waals surface area contributed by atoms with Crippen LogP contribution in [0.3, 0.4) is 0 Å². The maximum Gasteiger partial charge on any atom is 0.326 e. The summed E-state index contributed by atoms with van der Waals surface area (Å²) in [5.74, 6) is -1.80. The Morgan fingerprint density at radius 1 is 1.10 bits per heavy atom. The van der Waals surface area contributed by atoms with Crippen molar-refractivity contribution < 1.29 is 28.2 Å². The predicted octanol–water partition coefficient (Wildman–Crippen LogP) is 1.36. The Morgan fingerprint density at radius 2 is 1.76 bits per heavy atom. The number of aliphatic carboxylic acids is 1. The van der Waals surface area contributed by atoms with Crippen LogP contribution in [0.25, 0.3) is 0 Å². The summed E-state index contributed by atoms with van der Waals surface area (Å²) in [6.45, 7) is 0.199. The fraction of sp³-hybridized carbons (Fsp3) is 0.300. The van der Waals surface area contributed by atoms with Gasteiger partial charge in [-0.3, -0.25) is 4.79 Å². The Labute approximate surface area is 168 Å². The van der Waals surface area contributed by atoms with Crippen molar-refractivity contribution in [3.63, 3.8) is 0 Å². The molecule has 0 saturated carbocycles. The number of phenols is 1. The number of rotatable bonds is 7. The molecule has 0 spiro atoms. The molecule has 1 fully saturated rings. The van der Waals surface area contributed by atoms with Gasteiger partial charge in [0, 0.05) is 13.0 Å². The second-order valence-electron chi connectivity index (χ2n) is 6.86. The zero-order chi connectivity index (χ0) is 21.0. The monoisotopic (exact) mass is 418 g/mol. The molecule has 1 aliphatic rings. The van der Waals surface area contributed by atoms with Gasteiger partial charge in [-0.15, -0.1) is 0 Å². The van der Waals surface area contributed by atoms with Crippen molar-refractivity contribution in [3.8, 4) is 5.75 Å². The van der Waals surface area contributed by atoms with Gasteiger partial charge in [0.1, 0.15) is 17.8 Å². The lowest BCUT2D eigenvalue weighted by molar-refractivity contribution is -0.142. The first-order valence-electron chi connectivity index (χ1n) is 9.17. The van der Waals surface area contributed by atoms with E-state index in [1.807, 2.05) is 0 Å². The molecule has 0 radical (unpaired) electrons. The number of hydrogen-bond donors (Lipinski definition) is 3. The number of carbonyl (C=O) groups excluding carboxylic acids is 1. The van der Waals surface area contributed by atoms with E-state index in [0.717, 1.165) is 4.31 Å². The van der Waals surface area contributed by atoms with Gasteiger partial charge in [-0.2, -0.15) is 4.31 Å². The molecule has 1 aliphatic heterocycles. The first-order chi connectivity index (χ1) is 13.8. The van der Waals surface area contributed by atoms with Crippen molar-refractivity contribution in [2.45, 2.75) is 36.2 Å². The summed E-state index contributed by atoms with van der Waals surface area (Å²) in [4.78, 5) is 24.5. The van der Waals surface area contributed by atoms with E-state index in [4.69, 9.17) is 0 Å². The highest BCUT2D eigenvalue weighted by atomic mass is 32.2. The summed E-state index contributed by atoms with van der Waals surface area (Å²) < 4.78 is 26.9. The van der Waals surface area contributed by atoms with Crippen LogP contribution in [0.1, 0.15) is 18.4 Å². The van der Waals surface area contributed by atoms with E-state index >= 15 is 0 Å². The van der Waals surface area contributed by atoms with Crippen LogP contribution in [-0.4, -0.2) is 53.4 Å². The third-order valence-electron chi connectivity index (χ3n) is 4.85. The number of nitrogens with zero attached hydrogens (tertiary/aromatic N) is 1. The van der Waals surface area contributed by atoms with Crippen LogP contribution in [0.15, 0.2) is 59.5 Å². The Bertz CT molecular complexity index is 976. The van der Waals surface area contributed by atoms with Crippen molar-refractivity contribution >= 4 is 21.9 Å². The summed E-state index contributed by atoms with van der Waals surface area (Å²) >= 11 is 0. The molecule has 1 amide bonds. The molecule has 2 aromatic rings. The van der Waals surface area contributed by atoms with Crippen molar-refractivity contribution in [2.75, 3.05) is 6.54 Å². The molecule has 0 aromatic heterocycles. The van der Waals surface area contributed by atoms with E-state index < -0.39 is 34.0 Å². The molecule has 8 nitrogen and oxygen atoms in total. The van der Waals surface area contributed by atoms with Gasteiger partial charge >= 0.3 is 5.97 Å². The van der Waals surface area contributed by atoms with Gasteiger partial charge in [0.15, 0.2) is 0 Å². The lowest BCUT2D eigenvalue weighted by atomic mass is 10.1. The average Bonchev–Trinajstić information content (AvgIpc) is 3.20. The summed E-state index contributed by atoms with van der Waals surface area (Å²) in [7, 11) is -3.86. The van der Waals surface area contributed by atoms with Gasteiger partial charge in [0.2, 0.25) is 15.9 Å². The zero-order valence-corrected chi connectivity index (χ0v) is 16.4. The molecule has 29 heavy (non-hydrogen) atoms. The smallest absolute Gasteiger partial charge is 0.326 e. The third-order valence-corrected chi connectivity index (χ3v) is 6.77. The van der Waals surface area contributed by atoms with Crippen molar-refractivity contribution in [1.82, 2.24) is 9.62 Å². The van der Waals surface area contributed by atoms with E-state index in [2.05, 4.69) is 5.32 Å². The van der Waals surface area contributed by atoms with Gasteiger partial charge < -0.3 is 15.5 Å². The second-order valence-corrected chi connectivity index (χ2v) is 8.75. The van der Waals surface area contributed by atoms with E-state index in [0.29, 0.717) is 18.4 Å². The third kappa shape index (κ3) is 4.75. The normalized spacial score (nSPS) is 18.3. The highest BCUT2D eigenvalue weighted by Crippen LogP contribution is 2.26. The minimum absolute atomic E-state index is 0.0134. The number of amides is 1. The highest BCUT2D eigenvalue weighted by molar-refractivity contribution is 7.89. The molecule has 0 aliphatic carbocycles. The van der Waals surface area contributed by atoms with Crippen LogP contribution >= 0.6 is 0 Å². The van der Waals surface area contributed by atoms with Gasteiger partial charge in [-0.05, 0) is 42.7 Å². The summed E-state index contributed by atoms with van der Waals surface area (Å²) in [6.07, 6.45) is 0.850. The van der Waals surface area contributed by atoms with Crippen LogP contribution in [0.4, 0.5) is 0 Å². The molecule has 154 valence electrons. The van der Waals surface area contributed by atoms with E-state index in [1.165, 1.54) is 24.3 Å². The minimum Gasteiger partial charge on any atom is -0.508 e. The lowest BCUT2D eigenvalue weighted by Gasteiger charge is -2.25. The van der Waals surface area contributed by atoms with Crippen molar-refractivity contribution in [3.05, 3.63) is 60.2 Å². The summed E-state index contributed by atoms with van der Waals surface area (Å²) in [5, 5.41) is 21.3. The van der Waals surface area contributed by atoms with Crippen LogP contribution in [0.2, 0.25) is 0 Å². The molecule has 0 bridgehead atoms. The molecule has 9 heteroatoms. The van der Waals surface area contributed by atoms with Crippen LogP contribution in [0, 0.1) is 0 Å². The largest absolute Gasteiger partial charge is 0.508 e. The molecule has 3 rings (SSSR count). The number of aromatic hydroxyl groups is 1. The number of nitrogens with one attached hydrogen (secondary N) is 1. The topological polar surface area (TPSA) is 124 Å². The number of sulfonamides is 1. The standard InChI is InChI=1S/C20H22N2O6S/c23-15-10-8-14(9-11-15)13-17(20(25)26)21-19(24)18-7-4-12-22(18)29(27,28)16-5-2-1-3-6-16/h1-3,5-6,8-11,17-18,23H,4,7,12-13H2,(H,21,24)(H,25,26). The zero-order valence-electron chi connectivity index (χ0n) is 15.6. The molecule has 3 N–H and O–H groups in total. The first kappa shape index (κ1) is 20.8. The van der Waals surface area contributed by atoms with E-state index in [9.17, 15) is 28.2 Å². The molecular weight excluding hydrogens is 396 g/mol. The molecule has 1 saturated heterocycles. The summed E-state index contributed by atoms with van der Waals surface area (Å²) in [6, 6.07) is 11.7. The maximum absolute atomic E-state index is 12.9. The Balaban J connectivity index is 1.75. The predicted molar refractivity (Wildman–Crippen MR) is 105 cm³/mol. The van der Waals surface area contributed by atoms with Gasteiger partial charge in [0.25, 0.3) is 0 Å². The number of carboxylic acid groups (broad SMARTS) is 1. The Hall–Kier alpha value is -2.91. The van der Waals surface area contributed by atoms with E-state index in [1.54, 1.807) is 30.3 Å². The number of benzene rings is 2. The molecule has 2 unspecified atom stereocenters. The number of hydrogen-bond acceptors (Lipinski definition) is 5. The second kappa shape index (κ2) is 8.62. The number of phenolic OH excluding ortho intramolecular Hbond substituents is 1. The molecule has 2 aromatic carbocycles. The van der Waals surface area contributed by atoms with Crippen molar-refractivity contribution in [1.29, 1.82) is 0 Å².